The SMILES string of the molecule is O=C(c1cc(Cl)ccc1O)N(CCCl)C1CCCC1. The van der Waals surface area contributed by atoms with Crippen molar-refractivity contribution in [2.75, 3.05) is 12.4 Å². The fourth-order valence-electron chi connectivity index (χ4n) is 2.59. The highest BCUT2D eigenvalue weighted by atomic mass is 35.5. The molecule has 0 aliphatic heterocycles. The molecule has 1 fully saturated rings. The van der Waals surface area contributed by atoms with E-state index in [1.165, 1.54) is 12.1 Å². The number of nitrogens with zero attached hydrogens (tertiary/aromatic N) is 1. The molecule has 0 radical (unpaired) electrons. The number of hydrogen-bond donors (Lipinski definition) is 1. The number of benzene rings is 1. The molecule has 1 aromatic carbocycles. The number of hydrogen-bond acceptors (Lipinski definition) is 2. The zero-order valence-electron chi connectivity index (χ0n) is 10.6. The molecule has 1 aliphatic rings. The number of phenols is 1. The molecule has 19 heavy (non-hydrogen) atoms. The first-order chi connectivity index (χ1) is 9.13. The van der Waals surface area contributed by atoms with Crippen molar-refractivity contribution in [1.82, 2.24) is 4.90 Å². The van der Waals surface area contributed by atoms with E-state index in [-0.39, 0.29) is 23.3 Å². The van der Waals surface area contributed by atoms with Crippen LogP contribution in [0.1, 0.15) is 36.0 Å². The first-order valence-corrected chi connectivity index (χ1v) is 7.40. The highest BCUT2D eigenvalue weighted by Crippen LogP contribution is 2.28. The van der Waals surface area contributed by atoms with Gasteiger partial charge in [-0.15, -0.1) is 11.6 Å². The lowest BCUT2D eigenvalue weighted by atomic mass is 10.1. The zero-order valence-corrected chi connectivity index (χ0v) is 12.1. The van der Waals surface area contributed by atoms with E-state index in [2.05, 4.69) is 0 Å². The number of carbonyl (C=O) groups excluding carboxylic acids is 1. The summed E-state index contributed by atoms with van der Waals surface area (Å²) in [4.78, 5) is 14.3. The van der Waals surface area contributed by atoms with Gasteiger partial charge >= 0.3 is 0 Å². The van der Waals surface area contributed by atoms with Crippen LogP contribution in [0.5, 0.6) is 5.75 Å². The largest absolute Gasteiger partial charge is 0.507 e. The molecule has 3 nitrogen and oxygen atoms in total. The predicted molar refractivity (Wildman–Crippen MR) is 77.1 cm³/mol. The molecule has 1 N–H and O–H groups in total. The smallest absolute Gasteiger partial charge is 0.257 e. The van der Waals surface area contributed by atoms with Gasteiger partial charge < -0.3 is 10.0 Å². The third kappa shape index (κ3) is 3.34. The van der Waals surface area contributed by atoms with Gasteiger partial charge in [0.1, 0.15) is 5.75 Å². The average Bonchev–Trinajstić information content (AvgIpc) is 2.92. The van der Waals surface area contributed by atoms with Crippen LogP contribution in [0.15, 0.2) is 18.2 Å². The molecule has 1 aromatic rings. The Morgan fingerprint density at radius 3 is 2.68 bits per heavy atom. The summed E-state index contributed by atoms with van der Waals surface area (Å²) in [7, 11) is 0. The summed E-state index contributed by atoms with van der Waals surface area (Å²) in [6.45, 7) is 0.497. The molecule has 0 bridgehead atoms. The van der Waals surface area contributed by atoms with Crippen LogP contribution in [0.25, 0.3) is 0 Å². The molecule has 0 unspecified atom stereocenters. The molecule has 0 aromatic heterocycles. The van der Waals surface area contributed by atoms with Crippen molar-refractivity contribution in [1.29, 1.82) is 0 Å². The molecule has 1 amide bonds. The minimum absolute atomic E-state index is 0.0352. The molecule has 0 heterocycles. The maximum Gasteiger partial charge on any atom is 0.257 e. The number of halogens is 2. The molecule has 5 heteroatoms. The molecule has 0 atom stereocenters. The van der Waals surface area contributed by atoms with E-state index in [9.17, 15) is 9.90 Å². The van der Waals surface area contributed by atoms with E-state index in [0.717, 1.165) is 25.7 Å². The Morgan fingerprint density at radius 2 is 2.05 bits per heavy atom. The van der Waals surface area contributed by atoms with Gasteiger partial charge in [0.25, 0.3) is 5.91 Å². The molecular weight excluding hydrogens is 285 g/mol. The minimum Gasteiger partial charge on any atom is -0.507 e. The average molecular weight is 302 g/mol. The second-order valence-electron chi connectivity index (χ2n) is 4.79. The summed E-state index contributed by atoms with van der Waals surface area (Å²) in [6.07, 6.45) is 4.28. The second-order valence-corrected chi connectivity index (χ2v) is 5.60. The summed E-state index contributed by atoms with van der Waals surface area (Å²) in [5.74, 6) is 0.170. The van der Waals surface area contributed by atoms with Crippen LogP contribution in [0.3, 0.4) is 0 Å². The third-order valence-corrected chi connectivity index (χ3v) is 3.94. The van der Waals surface area contributed by atoms with Crippen molar-refractivity contribution in [2.45, 2.75) is 31.7 Å². The van der Waals surface area contributed by atoms with Gasteiger partial charge in [0, 0.05) is 23.5 Å². The van der Waals surface area contributed by atoms with Gasteiger partial charge in [0.05, 0.1) is 5.56 Å². The maximum absolute atomic E-state index is 12.5. The van der Waals surface area contributed by atoms with Crippen molar-refractivity contribution in [3.63, 3.8) is 0 Å². The predicted octanol–water partition coefficient (Wildman–Crippen LogP) is 3.67. The van der Waals surface area contributed by atoms with E-state index in [4.69, 9.17) is 23.2 Å². The van der Waals surface area contributed by atoms with Crippen LogP contribution in [0.2, 0.25) is 5.02 Å². The molecule has 104 valence electrons. The Bertz CT molecular complexity index is 459. The van der Waals surface area contributed by atoms with Crippen molar-refractivity contribution >= 4 is 29.1 Å². The van der Waals surface area contributed by atoms with Gasteiger partial charge in [-0.05, 0) is 31.0 Å². The van der Waals surface area contributed by atoms with Gasteiger partial charge in [-0.2, -0.15) is 0 Å². The van der Waals surface area contributed by atoms with Crippen molar-refractivity contribution in [3.05, 3.63) is 28.8 Å². The van der Waals surface area contributed by atoms with E-state index >= 15 is 0 Å². The van der Waals surface area contributed by atoms with E-state index in [1.54, 1.807) is 11.0 Å². The van der Waals surface area contributed by atoms with Gasteiger partial charge in [-0.25, -0.2) is 0 Å². The van der Waals surface area contributed by atoms with Crippen molar-refractivity contribution < 1.29 is 9.90 Å². The summed E-state index contributed by atoms with van der Waals surface area (Å²) >= 11 is 11.7. The molecular formula is C14H17Cl2NO2. The first kappa shape index (κ1) is 14.5. The van der Waals surface area contributed by atoms with Crippen LogP contribution in [0.4, 0.5) is 0 Å². The first-order valence-electron chi connectivity index (χ1n) is 6.49. The lowest BCUT2D eigenvalue weighted by molar-refractivity contribution is 0.0692. The Kier molecular flexibility index (Phi) is 4.94. The summed E-state index contributed by atoms with van der Waals surface area (Å²) in [5.41, 5.74) is 0.254. The molecule has 0 spiro atoms. The Morgan fingerprint density at radius 1 is 1.37 bits per heavy atom. The van der Waals surface area contributed by atoms with Crippen LogP contribution < -0.4 is 0 Å². The standard InChI is InChI=1S/C14H17Cl2NO2/c15-7-8-17(11-3-1-2-4-11)14(19)12-9-10(16)5-6-13(12)18/h5-6,9,11,18H,1-4,7-8H2. The van der Waals surface area contributed by atoms with E-state index in [0.29, 0.717) is 17.4 Å². The van der Waals surface area contributed by atoms with Gasteiger partial charge in [0.15, 0.2) is 0 Å². The number of carbonyl (C=O) groups is 1. The monoisotopic (exact) mass is 301 g/mol. The highest BCUT2D eigenvalue weighted by Gasteiger charge is 2.28. The fraction of sp³-hybridized carbons (Fsp3) is 0.500. The fourth-order valence-corrected chi connectivity index (χ4v) is 2.95. The molecule has 1 aliphatic carbocycles. The normalized spacial score (nSPS) is 15.7. The minimum atomic E-state index is -0.187. The number of phenolic OH excluding ortho intramolecular Hbond substituents is 1. The van der Waals surface area contributed by atoms with Crippen LogP contribution in [0, 0.1) is 0 Å². The lowest BCUT2D eigenvalue weighted by Gasteiger charge is -2.28. The number of aromatic hydroxyl groups is 1. The van der Waals surface area contributed by atoms with Gasteiger partial charge in [-0.1, -0.05) is 24.4 Å². The second kappa shape index (κ2) is 6.49. The number of alkyl halides is 1. The van der Waals surface area contributed by atoms with Crippen LogP contribution >= 0.6 is 23.2 Å². The lowest BCUT2D eigenvalue weighted by Crippen LogP contribution is -2.40. The molecule has 2 rings (SSSR count). The Labute approximate surface area is 123 Å². The summed E-state index contributed by atoms with van der Waals surface area (Å²) in [5, 5.41) is 10.3. The van der Waals surface area contributed by atoms with Crippen molar-refractivity contribution in [2.24, 2.45) is 0 Å². The highest BCUT2D eigenvalue weighted by molar-refractivity contribution is 6.31. The number of rotatable bonds is 4. The maximum atomic E-state index is 12.5. The van der Waals surface area contributed by atoms with Gasteiger partial charge in [0.2, 0.25) is 0 Å². The van der Waals surface area contributed by atoms with Crippen LogP contribution in [-0.2, 0) is 0 Å². The van der Waals surface area contributed by atoms with Crippen molar-refractivity contribution in [3.8, 4) is 5.75 Å². The topological polar surface area (TPSA) is 40.5 Å². The van der Waals surface area contributed by atoms with E-state index in [1.807, 2.05) is 0 Å². The Hall–Kier alpha value is -0.930. The van der Waals surface area contributed by atoms with E-state index < -0.39 is 0 Å². The summed E-state index contributed by atoms with van der Waals surface area (Å²) < 4.78 is 0. The number of amides is 1. The molecule has 1 saturated carbocycles. The summed E-state index contributed by atoms with van der Waals surface area (Å²) in [6, 6.07) is 4.75. The third-order valence-electron chi connectivity index (χ3n) is 3.54. The molecule has 0 saturated heterocycles. The van der Waals surface area contributed by atoms with Crippen LogP contribution in [-0.4, -0.2) is 34.4 Å². The quantitative estimate of drug-likeness (QED) is 0.862. The Balaban J connectivity index is 2.25. The van der Waals surface area contributed by atoms with Gasteiger partial charge in [-0.3, -0.25) is 4.79 Å². The zero-order chi connectivity index (χ0) is 13.8.